The summed E-state index contributed by atoms with van der Waals surface area (Å²) < 4.78 is 5.16. The first-order chi connectivity index (χ1) is 5.59. The molecule has 12 heavy (non-hydrogen) atoms. The summed E-state index contributed by atoms with van der Waals surface area (Å²) in [5.41, 5.74) is 0. The van der Waals surface area contributed by atoms with Gasteiger partial charge in [-0.3, -0.25) is 10.1 Å². The van der Waals surface area contributed by atoms with Crippen molar-refractivity contribution in [3.63, 3.8) is 0 Å². The first-order valence-corrected chi connectivity index (χ1v) is 3.08. The minimum Gasteiger partial charge on any atom is -0.624 e. The van der Waals surface area contributed by atoms with Crippen molar-refractivity contribution in [2.45, 2.75) is 0 Å². The fourth-order valence-electron chi connectivity index (χ4n) is 0.689. The molecule has 1 rings (SSSR count). The van der Waals surface area contributed by atoms with E-state index < -0.39 is 4.92 Å². The van der Waals surface area contributed by atoms with E-state index in [9.17, 15) is 15.3 Å². The number of nitro groups is 1. The number of nitrogens with zero attached hydrogens (tertiary/aromatic N) is 2. The minimum atomic E-state index is -0.665. The highest BCUT2D eigenvalue weighted by Gasteiger charge is 2.11. The van der Waals surface area contributed by atoms with Crippen LogP contribution in [-0.2, 0) is 0 Å². The van der Waals surface area contributed by atoms with Crippen LogP contribution in [0.2, 0.25) is 0 Å². The molecule has 0 aliphatic rings. The van der Waals surface area contributed by atoms with Gasteiger partial charge in [0.25, 0.3) is 0 Å². The molecule has 0 amide bonds. The third-order valence-electron chi connectivity index (χ3n) is 1.10. The van der Waals surface area contributed by atoms with Crippen molar-refractivity contribution >= 4 is 12.1 Å². The van der Waals surface area contributed by atoms with Gasteiger partial charge in [0.2, 0.25) is 6.21 Å². The normalized spacial score (nSPS) is 11.6. The Balaban J connectivity index is 2.92. The average molecular weight is 170 g/mol. The van der Waals surface area contributed by atoms with Crippen LogP contribution in [0.3, 0.4) is 0 Å². The van der Waals surface area contributed by atoms with Crippen molar-refractivity contribution in [3.8, 4) is 0 Å². The SMILES string of the molecule is C[N+]([O-])=Cc1ccc([N+](=O)[O-])o1. The van der Waals surface area contributed by atoms with E-state index in [-0.39, 0.29) is 11.6 Å². The maximum absolute atomic E-state index is 10.4. The lowest BCUT2D eigenvalue weighted by molar-refractivity contribution is -0.418. The third-order valence-corrected chi connectivity index (χ3v) is 1.10. The van der Waals surface area contributed by atoms with Gasteiger partial charge in [-0.2, -0.15) is 0 Å². The van der Waals surface area contributed by atoms with Crippen molar-refractivity contribution < 1.29 is 14.1 Å². The zero-order valence-corrected chi connectivity index (χ0v) is 6.26. The van der Waals surface area contributed by atoms with E-state index in [2.05, 4.69) is 4.42 Å². The van der Waals surface area contributed by atoms with E-state index in [1.165, 1.54) is 19.2 Å². The quantitative estimate of drug-likeness (QED) is 0.215. The number of hydroxylamine groups is 1. The molecule has 0 aliphatic carbocycles. The molecule has 1 heterocycles. The Labute approximate surface area is 67.5 Å². The van der Waals surface area contributed by atoms with Crippen molar-refractivity contribution in [3.05, 3.63) is 33.2 Å². The first kappa shape index (κ1) is 8.25. The Morgan fingerprint density at radius 3 is 2.58 bits per heavy atom. The summed E-state index contributed by atoms with van der Waals surface area (Å²) >= 11 is 0. The van der Waals surface area contributed by atoms with Crippen molar-refractivity contribution in [2.75, 3.05) is 7.05 Å². The molecule has 6 heteroatoms. The van der Waals surface area contributed by atoms with E-state index >= 15 is 0 Å². The van der Waals surface area contributed by atoms with E-state index in [0.717, 1.165) is 6.21 Å². The molecule has 0 saturated heterocycles. The Bertz CT molecular complexity index is 324. The Morgan fingerprint density at radius 1 is 1.50 bits per heavy atom. The molecule has 64 valence electrons. The molecule has 0 aliphatic heterocycles. The van der Waals surface area contributed by atoms with Crippen LogP contribution in [0.15, 0.2) is 16.5 Å². The topological polar surface area (TPSA) is 82.3 Å². The first-order valence-electron chi connectivity index (χ1n) is 3.08. The van der Waals surface area contributed by atoms with E-state index in [4.69, 9.17) is 0 Å². The Hall–Kier alpha value is -1.85. The lowest BCUT2D eigenvalue weighted by Crippen LogP contribution is -1.95. The lowest BCUT2D eigenvalue weighted by Gasteiger charge is -1.90. The minimum absolute atomic E-state index is 0.166. The van der Waals surface area contributed by atoms with Crippen molar-refractivity contribution in [2.24, 2.45) is 0 Å². The van der Waals surface area contributed by atoms with Crippen LogP contribution >= 0.6 is 0 Å². The second kappa shape index (κ2) is 3.04. The summed E-state index contributed by atoms with van der Waals surface area (Å²) in [6, 6.07) is 2.54. The summed E-state index contributed by atoms with van der Waals surface area (Å²) in [6.07, 6.45) is 1.10. The van der Waals surface area contributed by atoms with Crippen LogP contribution in [-0.4, -0.2) is 22.9 Å². The highest BCUT2D eigenvalue weighted by molar-refractivity contribution is 5.71. The van der Waals surface area contributed by atoms with E-state index in [1.54, 1.807) is 0 Å². The van der Waals surface area contributed by atoms with E-state index in [0.29, 0.717) is 4.74 Å². The average Bonchev–Trinajstić information content (AvgIpc) is 2.34. The Morgan fingerprint density at radius 2 is 2.17 bits per heavy atom. The van der Waals surface area contributed by atoms with Crippen LogP contribution in [0.1, 0.15) is 5.76 Å². The van der Waals surface area contributed by atoms with Crippen LogP contribution in [0.5, 0.6) is 0 Å². The second-order valence-electron chi connectivity index (χ2n) is 2.11. The lowest BCUT2D eigenvalue weighted by atomic mass is 10.5. The number of furan rings is 1. The van der Waals surface area contributed by atoms with Gasteiger partial charge < -0.3 is 9.62 Å². The smallest absolute Gasteiger partial charge is 0.433 e. The monoisotopic (exact) mass is 170 g/mol. The van der Waals surface area contributed by atoms with Crippen LogP contribution in [0.4, 0.5) is 5.88 Å². The number of hydrogen-bond acceptors (Lipinski definition) is 4. The predicted molar refractivity (Wildman–Crippen MR) is 40.1 cm³/mol. The molecular formula is C6H6N2O4. The predicted octanol–water partition coefficient (Wildman–Crippen LogP) is 0.747. The molecule has 0 aromatic carbocycles. The third kappa shape index (κ3) is 1.82. The maximum atomic E-state index is 10.4. The largest absolute Gasteiger partial charge is 0.624 e. The molecule has 0 saturated carbocycles. The zero-order chi connectivity index (χ0) is 9.14. The Kier molecular flexibility index (Phi) is 2.09. The molecule has 0 N–H and O–H groups in total. The van der Waals surface area contributed by atoms with Gasteiger partial charge in [-0.25, -0.2) is 4.74 Å². The van der Waals surface area contributed by atoms with Crippen molar-refractivity contribution in [1.82, 2.24) is 0 Å². The highest BCUT2D eigenvalue weighted by atomic mass is 16.6. The van der Waals surface area contributed by atoms with Gasteiger partial charge in [0.15, 0.2) is 5.76 Å². The van der Waals surface area contributed by atoms with Crippen LogP contribution < -0.4 is 0 Å². The number of hydrogen-bond donors (Lipinski definition) is 0. The second-order valence-corrected chi connectivity index (χ2v) is 2.11. The van der Waals surface area contributed by atoms with Gasteiger partial charge in [0.05, 0.1) is 6.07 Å². The van der Waals surface area contributed by atoms with Gasteiger partial charge in [-0.05, 0) is 6.07 Å². The molecule has 0 fully saturated rings. The van der Waals surface area contributed by atoms with Gasteiger partial charge >= 0.3 is 5.88 Å². The molecule has 0 radical (unpaired) electrons. The van der Waals surface area contributed by atoms with Gasteiger partial charge in [0, 0.05) is 0 Å². The summed E-state index contributed by atoms with van der Waals surface area (Å²) in [7, 11) is 1.26. The van der Waals surface area contributed by atoms with Crippen LogP contribution in [0.25, 0.3) is 0 Å². The highest BCUT2D eigenvalue weighted by Crippen LogP contribution is 2.13. The summed E-state index contributed by atoms with van der Waals surface area (Å²) in [5, 5.41) is 20.5. The molecule has 0 unspecified atom stereocenters. The maximum Gasteiger partial charge on any atom is 0.433 e. The van der Waals surface area contributed by atoms with Gasteiger partial charge in [-0.15, -0.1) is 0 Å². The van der Waals surface area contributed by atoms with Crippen molar-refractivity contribution in [1.29, 1.82) is 0 Å². The molecule has 1 aromatic heterocycles. The standard InChI is InChI=1S/C6H6N2O4/c1-7(9)4-5-2-3-6(12-5)8(10)11/h2-4H,1H3. The summed E-state index contributed by atoms with van der Waals surface area (Å²) in [5.74, 6) is -0.206. The molecule has 0 bridgehead atoms. The zero-order valence-electron chi connectivity index (χ0n) is 6.26. The van der Waals surface area contributed by atoms with Gasteiger partial charge in [-0.1, -0.05) is 0 Å². The molecule has 6 nitrogen and oxygen atoms in total. The molecule has 0 spiro atoms. The molecular weight excluding hydrogens is 164 g/mol. The fourth-order valence-corrected chi connectivity index (χ4v) is 0.689. The summed E-state index contributed by atoms with van der Waals surface area (Å²) in [4.78, 5) is 9.44. The summed E-state index contributed by atoms with van der Waals surface area (Å²) in [6.45, 7) is 0. The van der Waals surface area contributed by atoms with E-state index in [1.807, 2.05) is 0 Å². The molecule has 1 aromatic rings. The van der Waals surface area contributed by atoms with Crippen LogP contribution in [0, 0.1) is 15.3 Å². The van der Waals surface area contributed by atoms with Gasteiger partial charge in [0.1, 0.15) is 12.0 Å². The fraction of sp³-hybridized carbons (Fsp3) is 0.167. The number of rotatable bonds is 2. The molecule has 0 atom stereocenters.